The van der Waals surface area contributed by atoms with Gasteiger partial charge in [0.25, 0.3) is 0 Å². The van der Waals surface area contributed by atoms with E-state index in [0.29, 0.717) is 18.5 Å². The average Bonchev–Trinajstić information content (AvgIpc) is 2.89. The predicted molar refractivity (Wildman–Crippen MR) is 95.6 cm³/mol. The van der Waals surface area contributed by atoms with Crippen molar-refractivity contribution in [2.75, 3.05) is 5.75 Å². The molecule has 5 nitrogen and oxygen atoms in total. The van der Waals surface area contributed by atoms with E-state index in [2.05, 4.69) is 23.7 Å². The van der Waals surface area contributed by atoms with Crippen LogP contribution in [0.1, 0.15) is 50.9 Å². The summed E-state index contributed by atoms with van der Waals surface area (Å²) < 4.78 is 42.7. The highest BCUT2D eigenvalue weighted by atomic mass is 32.2. The van der Waals surface area contributed by atoms with E-state index in [-0.39, 0.29) is 23.0 Å². The van der Waals surface area contributed by atoms with Crippen LogP contribution < -0.4 is 4.72 Å². The third-order valence-electron chi connectivity index (χ3n) is 4.53. The van der Waals surface area contributed by atoms with Gasteiger partial charge in [-0.2, -0.15) is 5.10 Å². The van der Waals surface area contributed by atoms with Gasteiger partial charge in [-0.1, -0.05) is 26.8 Å². The van der Waals surface area contributed by atoms with Gasteiger partial charge in [0.15, 0.2) is 0 Å². The smallest absolute Gasteiger partial charge is 0.212 e. The molecule has 1 aromatic carbocycles. The van der Waals surface area contributed by atoms with E-state index in [1.807, 2.05) is 6.92 Å². The van der Waals surface area contributed by atoms with Crippen LogP contribution in [0.2, 0.25) is 0 Å². The van der Waals surface area contributed by atoms with Gasteiger partial charge in [-0.15, -0.1) is 0 Å². The molecule has 0 radical (unpaired) electrons. The van der Waals surface area contributed by atoms with Gasteiger partial charge in [0.2, 0.25) is 10.0 Å². The first kappa shape index (κ1) is 18.1. The highest BCUT2D eigenvalue weighted by Crippen LogP contribution is 2.41. The Kier molecular flexibility index (Phi) is 4.72. The lowest BCUT2D eigenvalue weighted by atomic mass is 9.74. The SMILES string of the molecule is CCCS(=O)(=O)N[C@H]1CC(C)(C)Cc2c1cnn2-c1cccc(F)c1. The van der Waals surface area contributed by atoms with Crippen molar-refractivity contribution in [3.63, 3.8) is 0 Å². The largest absolute Gasteiger partial charge is 0.237 e. The van der Waals surface area contributed by atoms with Gasteiger partial charge in [0.1, 0.15) is 5.82 Å². The van der Waals surface area contributed by atoms with E-state index >= 15 is 0 Å². The van der Waals surface area contributed by atoms with Crippen LogP contribution >= 0.6 is 0 Å². The summed E-state index contributed by atoms with van der Waals surface area (Å²) in [5.74, 6) is -0.214. The highest BCUT2D eigenvalue weighted by molar-refractivity contribution is 7.89. The Balaban J connectivity index is 2.02. The van der Waals surface area contributed by atoms with Crippen LogP contribution in [-0.2, 0) is 16.4 Å². The summed E-state index contributed by atoms with van der Waals surface area (Å²) in [7, 11) is -3.33. The second-order valence-corrected chi connectivity index (χ2v) is 9.35. The Morgan fingerprint density at radius 3 is 2.84 bits per heavy atom. The molecule has 0 saturated carbocycles. The van der Waals surface area contributed by atoms with Gasteiger partial charge in [0, 0.05) is 11.3 Å². The maximum absolute atomic E-state index is 13.6. The van der Waals surface area contributed by atoms with Crippen LogP contribution in [-0.4, -0.2) is 24.0 Å². The van der Waals surface area contributed by atoms with Crippen molar-refractivity contribution in [2.45, 2.75) is 46.1 Å². The minimum Gasteiger partial charge on any atom is -0.237 e. The maximum Gasteiger partial charge on any atom is 0.212 e. The van der Waals surface area contributed by atoms with E-state index in [9.17, 15) is 12.8 Å². The lowest BCUT2D eigenvalue weighted by Gasteiger charge is -2.35. The molecule has 25 heavy (non-hydrogen) atoms. The molecule has 0 saturated heterocycles. The standard InChI is InChI=1S/C18H24FN3O2S/c1-4-8-25(23,24)21-16-10-18(2,3)11-17-15(16)12-20-22(17)14-7-5-6-13(19)9-14/h5-7,9,12,16,21H,4,8,10-11H2,1-3H3/t16-/m0/s1. The van der Waals surface area contributed by atoms with Crippen molar-refractivity contribution in [1.82, 2.24) is 14.5 Å². The molecule has 0 amide bonds. The van der Waals surface area contributed by atoms with Gasteiger partial charge in [0.05, 0.1) is 23.7 Å². The van der Waals surface area contributed by atoms with Crippen molar-refractivity contribution >= 4 is 10.0 Å². The molecule has 3 rings (SSSR count). The number of aromatic nitrogens is 2. The summed E-state index contributed by atoms with van der Waals surface area (Å²) in [6, 6.07) is 5.97. The molecule has 0 bridgehead atoms. The Hall–Kier alpha value is -1.73. The van der Waals surface area contributed by atoms with Crippen molar-refractivity contribution in [3.8, 4) is 5.69 Å². The summed E-state index contributed by atoms with van der Waals surface area (Å²) in [4.78, 5) is 0. The van der Waals surface area contributed by atoms with E-state index in [1.54, 1.807) is 23.0 Å². The highest BCUT2D eigenvalue weighted by Gasteiger charge is 2.36. The van der Waals surface area contributed by atoms with Crippen molar-refractivity contribution < 1.29 is 12.8 Å². The van der Waals surface area contributed by atoms with Gasteiger partial charge in [-0.25, -0.2) is 22.2 Å². The molecule has 0 unspecified atom stereocenters. The van der Waals surface area contributed by atoms with Gasteiger partial charge < -0.3 is 0 Å². The third kappa shape index (κ3) is 3.93. The van der Waals surface area contributed by atoms with Crippen LogP contribution in [0.3, 0.4) is 0 Å². The molecule has 136 valence electrons. The fraction of sp³-hybridized carbons (Fsp3) is 0.500. The molecule has 1 aliphatic rings. The number of halogens is 1. The van der Waals surface area contributed by atoms with Gasteiger partial charge in [-0.05, 0) is 42.9 Å². The van der Waals surface area contributed by atoms with Crippen molar-refractivity contribution in [1.29, 1.82) is 0 Å². The molecular weight excluding hydrogens is 341 g/mol. The Morgan fingerprint density at radius 2 is 2.16 bits per heavy atom. The minimum absolute atomic E-state index is 0.0858. The lowest BCUT2D eigenvalue weighted by molar-refractivity contribution is 0.268. The quantitative estimate of drug-likeness (QED) is 0.884. The number of sulfonamides is 1. The summed E-state index contributed by atoms with van der Waals surface area (Å²) in [5.41, 5.74) is 2.38. The second-order valence-electron chi connectivity index (χ2n) is 7.47. The monoisotopic (exact) mass is 365 g/mol. The third-order valence-corrected chi connectivity index (χ3v) is 6.12. The van der Waals surface area contributed by atoms with Gasteiger partial charge in [-0.3, -0.25) is 0 Å². The number of rotatable bonds is 5. The molecular formula is C18H24FN3O2S. The summed E-state index contributed by atoms with van der Waals surface area (Å²) in [5, 5.41) is 4.42. The first-order valence-electron chi connectivity index (χ1n) is 8.53. The Morgan fingerprint density at radius 1 is 1.40 bits per heavy atom. The fourth-order valence-corrected chi connectivity index (χ4v) is 4.82. The molecule has 0 spiro atoms. The Bertz CT molecular complexity index is 874. The molecule has 0 aliphatic heterocycles. The zero-order valence-electron chi connectivity index (χ0n) is 14.8. The number of nitrogens with one attached hydrogen (secondary N) is 1. The van der Waals surface area contributed by atoms with E-state index in [0.717, 1.165) is 17.7 Å². The number of fused-ring (bicyclic) bond motifs is 1. The van der Waals surface area contributed by atoms with E-state index in [1.165, 1.54) is 12.1 Å². The van der Waals surface area contributed by atoms with Crippen LogP contribution in [0.25, 0.3) is 5.69 Å². The molecule has 1 atom stereocenters. The molecule has 0 fully saturated rings. The zero-order chi connectivity index (χ0) is 18.2. The second kappa shape index (κ2) is 6.53. The van der Waals surface area contributed by atoms with Gasteiger partial charge >= 0.3 is 0 Å². The van der Waals surface area contributed by atoms with Crippen LogP contribution in [0.15, 0.2) is 30.5 Å². The van der Waals surface area contributed by atoms with E-state index < -0.39 is 10.0 Å². The summed E-state index contributed by atoms with van der Waals surface area (Å²) in [6.45, 7) is 6.07. The fourth-order valence-electron chi connectivity index (χ4n) is 3.52. The first-order valence-corrected chi connectivity index (χ1v) is 10.2. The molecule has 2 aromatic rings. The molecule has 7 heteroatoms. The molecule has 1 heterocycles. The number of nitrogens with zero attached hydrogens (tertiary/aromatic N) is 2. The number of hydrogen-bond acceptors (Lipinski definition) is 3. The average molecular weight is 365 g/mol. The van der Waals surface area contributed by atoms with Crippen LogP contribution in [0.4, 0.5) is 4.39 Å². The number of benzene rings is 1. The van der Waals surface area contributed by atoms with E-state index in [4.69, 9.17) is 0 Å². The molecule has 1 aromatic heterocycles. The lowest BCUT2D eigenvalue weighted by Crippen LogP contribution is -2.37. The summed E-state index contributed by atoms with van der Waals surface area (Å²) >= 11 is 0. The molecule has 1 N–H and O–H groups in total. The minimum atomic E-state index is -3.33. The van der Waals surface area contributed by atoms with Crippen molar-refractivity contribution in [2.24, 2.45) is 5.41 Å². The Labute approximate surface area is 148 Å². The normalized spacial score (nSPS) is 19.6. The van der Waals surface area contributed by atoms with Crippen LogP contribution in [0.5, 0.6) is 0 Å². The number of hydrogen-bond donors (Lipinski definition) is 1. The van der Waals surface area contributed by atoms with Crippen molar-refractivity contribution in [3.05, 3.63) is 47.5 Å². The maximum atomic E-state index is 13.6. The molecule has 1 aliphatic carbocycles. The van der Waals surface area contributed by atoms with Crippen LogP contribution in [0, 0.1) is 11.2 Å². The first-order chi connectivity index (χ1) is 11.7. The topological polar surface area (TPSA) is 64.0 Å². The summed E-state index contributed by atoms with van der Waals surface area (Å²) in [6.07, 6.45) is 3.73. The predicted octanol–water partition coefficient (Wildman–Crippen LogP) is 3.35. The zero-order valence-corrected chi connectivity index (χ0v) is 15.6.